The van der Waals surface area contributed by atoms with Gasteiger partial charge in [-0.1, -0.05) is 18.2 Å². The molecule has 2 rings (SSSR count). The molecule has 1 N–H and O–H groups in total. The Labute approximate surface area is 221 Å². The van der Waals surface area contributed by atoms with Gasteiger partial charge in [0.1, 0.15) is 23.0 Å². The second-order valence-corrected chi connectivity index (χ2v) is 8.06. The van der Waals surface area contributed by atoms with Gasteiger partial charge in [-0.15, -0.1) is 0 Å². The number of nitrogens with one attached hydrogen (secondary N) is 1. The minimum absolute atomic E-state index is 0.0159. The topological polar surface area (TPSA) is 90.0 Å². The first-order valence-electron chi connectivity index (χ1n) is 11.2. The zero-order chi connectivity index (χ0) is 28.3. The van der Waals surface area contributed by atoms with Crippen molar-refractivity contribution in [3.63, 3.8) is 0 Å². The molecule has 1 heterocycles. The Morgan fingerprint density at radius 1 is 1.24 bits per heavy atom. The minimum atomic E-state index is -5.00. The van der Waals surface area contributed by atoms with Crippen molar-refractivity contribution >= 4 is 29.2 Å². The number of ether oxygens (including phenoxy) is 3. The van der Waals surface area contributed by atoms with Crippen LogP contribution >= 0.6 is 11.6 Å². The number of esters is 1. The number of methoxy groups -OCH3 is 1. The summed E-state index contributed by atoms with van der Waals surface area (Å²) in [6.07, 6.45) is -1.70. The van der Waals surface area contributed by atoms with Crippen LogP contribution in [-0.4, -0.2) is 50.4 Å². The predicted molar refractivity (Wildman–Crippen MR) is 132 cm³/mol. The predicted octanol–water partition coefficient (Wildman–Crippen LogP) is 5.32. The first-order valence-corrected chi connectivity index (χ1v) is 11.5. The SMILES string of the molecule is C=CNC(=O)/C=C(\N(C)c1cc(Oc2cccnc2CCC(=O)OCCCOC)c(Cl)cc1F)C(F)(F)F. The smallest absolute Gasteiger partial charge is 0.431 e. The largest absolute Gasteiger partial charge is 0.466 e. The number of aromatic nitrogens is 1. The minimum Gasteiger partial charge on any atom is -0.466 e. The van der Waals surface area contributed by atoms with Gasteiger partial charge in [-0.05, 0) is 24.4 Å². The average Bonchev–Trinajstić information content (AvgIpc) is 2.85. The number of hydrogen-bond acceptors (Lipinski definition) is 7. The first-order chi connectivity index (χ1) is 18.0. The number of aryl methyl sites for hydroxylation is 1. The molecule has 206 valence electrons. The maximum Gasteiger partial charge on any atom is 0.431 e. The van der Waals surface area contributed by atoms with Crippen molar-refractivity contribution in [2.45, 2.75) is 25.4 Å². The molecule has 0 spiro atoms. The summed E-state index contributed by atoms with van der Waals surface area (Å²) in [6, 6.07) is 4.79. The Morgan fingerprint density at radius 3 is 2.63 bits per heavy atom. The van der Waals surface area contributed by atoms with Gasteiger partial charge in [-0.2, -0.15) is 13.2 Å². The van der Waals surface area contributed by atoms with E-state index in [1.165, 1.54) is 25.4 Å². The molecular weight excluding hydrogens is 534 g/mol. The van der Waals surface area contributed by atoms with Gasteiger partial charge in [0.2, 0.25) is 5.91 Å². The van der Waals surface area contributed by atoms with E-state index in [9.17, 15) is 27.2 Å². The monoisotopic (exact) mass is 559 g/mol. The highest BCUT2D eigenvalue weighted by molar-refractivity contribution is 6.32. The third-order valence-electron chi connectivity index (χ3n) is 4.92. The molecule has 0 bridgehead atoms. The van der Waals surface area contributed by atoms with Gasteiger partial charge in [0.25, 0.3) is 0 Å². The fraction of sp³-hybridized carbons (Fsp3) is 0.320. The van der Waals surface area contributed by atoms with Gasteiger partial charge in [-0.25, -0.2) is 4.39 Å². The molecule has 1 amide bonds. The van der Waals surface area contributed by atoms with Gasteiger partial charge in [0.05, 0.1) is 29.4 Å². The number of rotatable bonds is 13. The van der Waals surface area contributed by atoms with Crippen LogP contribution in [0.3, 0.4) is 0 Å². The van der Waals surface area contributed by atoms with Crippen molar-refractivity contribution in [3.8, 4) is 11.5 Å². The molecular formula is C25H26ClF4N3O5. The number of pyridine rings is 1. The molecule has 1 aromatic heterocycles. The normalized spacial score (nSPS) is 11.6. The molecule has 1 aromatic carbocycles. The fourth-order valence-electron chi connectivity index (χ4n) is 3.12. The van der Waals surface area contributed by atoms with E-state index >= 15 is 0 Å². The van der Waals surface area contributed by atoms with Gasteiger partial charge >= 0.3 is 12.1 Å². The van der Waals surface area contributed by atoms with E-state index in [4.69, 9.17) is 25.8 Å². The summed E-state index contributed by atoms with van der Waals surface area (Å²) in [5, 5.41) is 1.77. The number of alkyl halides is 3. The van der Waals surface area contributed by atoms with E-state index in [0.717, 1.165) is 25.4 Å². The summed E-state index contributed by atoms with van der Waals surface area (Å²) >= 11 is 6.11. The van der Waals surface area contributed by atoms with Crippen molar-refractivity contribution in [1.29, 1.82) is 0 Å². The number of carbonyl (C=O) groups excluding carboxylic acids is 2. The van der Waals surface area contributed by atoms with E-state index in [0.29, 0.717) is 23.6 Å². The summed E-state index contributed by atoms with van der Waals surface area (Å²) in [6.45, 7) is 3.86. The Bertz CT molecular complexity index is 1170. The zero-order valence-electron chi connectivity index (χ0n) is 20.6. The highest BCUT2D eigenvalue weighted by Gasteiger charge is 2.38. The van der Waals surface area contributed by atoms with Crippen LogP contribution in [0.4, 0.5) is 23.2 Å². The van der Waals surface area contributed by atoms with Gasteiger partial charge < -0.3 is 24.4 Å². The molecule has 0 radical (unpaired) electrons. The third kappa shape index (κ3) is 9.03. The number of halogens is 5. The molecule has 2 aromatic rings. The lowest BCUT2D eigenvalue weighted by Gasteiger charge is -2.25. The van der Waals surface area contributed by atoms with Gasteiger partial charge in [-0.3, -0.25) is 14.6 Å². The Morgan fingerprint density at radius 2 is 1.97 bits per heavy atom. The van der Waals surface area contributed by atoms with Gasteiger partial charge in [0, 0.05) is 51.9 Å². The summed E-state index contributed by atoms with van der Waals surface area (Å²) in [4.78, 5) is 28.4. The standard InChI is InChI=1S/C25H26ClF4N3O5/c1-4-31-23(34)15-22(25(28,29)30)33(2)19-14-21(16(26)13-17(19)27)38-20-7-5-10-32-18(20)8-9-24(35)37-12-6-11-36-3/h4-5,7,10,13-15H,1,6,8-9,11-12H2,2-3H3,(H,31,34)/b22-15-. The molecule has 0 unspecified atom stereocenters. The van der Waals surface area contributed by atoms with Crippen LogP contribution in [0, 0.1) is 5.82 Å². The van der Waals surface area contributed by atoms with E-state index in [1.54, 1.807) is 0 Å². The van der Waals surface area contributed by atoms with Crippen molar-refractivity contribution in [2.24, 2.45) is 0 Å². The number of benzene rings is 1. The molecule has 8 nitrogen and oxygen atoms in total. The fourth-order valence-corrected chi connectivity index (χ4v) is 3.31. The van der Waals surface area contributed by atoms with Crippen molar-refractivity contribution in [2.75, 3.05) is 32.3 Å². The van der Waals surface area contributed by atoms with Gasteiger partial charge in [0.15, 0.2) is 0 Å². The van der Waals surface area contributed by atoms with Crippen molar-refractivity contribution in [1.82, 2.24) is 10.3 Å². The van der Waals surface area contributed by atoms with Crippen LogP contribution in [0.1, 0.15) is 18.5 Å². The third-order valence-corrected chi connectivity index (χ3v) is 5.21. The quantitative estimate of drug-likeness (QED) is 0.154. The van der Waals surface area contributed by atoms with Crippen molar-refractivity contribution in [3.05, 3.63) is 71.5 Å². The van der Waals surface area contributed by atoms with E-state index in [1.807, 2.05) is 5.32 Å². The van der Waals surface area contributed by atoms with E-state index < -0.39 is 35.3 Å². The number of allylic oxidation sites excluding steroid dienone is 1. The van der Waals surface area contributed by atoms with E-state index in [-0.39, 0.29) is 42.0 Å². The summed E-state index contributed by atoms with van der Waals surface area (Å²) in [5.41, 5.74) is -1.67. The lowest BCUT2D eigenvalue weighted by molar-refractivity contribution is -0.144. The van der Waals surface area contributed by atoms with E-state index in [2.05, 4.69) is 11.6 Å². The number of nitrogens with zero attached hydrogens (tertiary/aromatic N) is 2. The number of amides is 1. The zero-order valence-corrected chi connectivity index (χ0v) is 21.4. The first kappa shape index (κ1) is 30.6. The maximum atomic E-state index is 14.7. The summed E-state index contributed by atoms with van der Waals surface area (Å²) in [5.74, 6) is -2.69. The second kappa shape index (κ2) is 14.3. The number of carbonyl (C=O) groups is 2. The maximum absolute atomic E-state index is 14.7. The Hall–Kier alpha value is -3.64. The molecule has 38 heavy (non-hydrogen) atoms. The lowest BCUT2D eigenvalue weighted by atomic mass is 10.2. The molecule has 0 aliphatic rings. The highest BCUT2D eigenvalue weighted by Crippen LogP contribution is 2.39. The van der Waals surface area contributed by atoms with Crippen LogP contribution < -0.4 is 15.0 Å². The summed E-state index contributed by atoms with van der Waals surface area (Å²) < 4.78 is 71.5. The molecule has 0 aliphatic heterocycles. The molecule has 13 heteroatoms. The lowest BCUT2D eigenvalue weighted by Crippen LogP contribution is -2.31. The summed E-state index contributed by atoms with van der Waals surface area (Å²) in [7, 11) is 2.47. The molecule has 0 atom stereocenters. The molecule has 0 fully saturated rings. The Balaban J connectivity index is 2.30. The molecule has 0 saturated carbocycles. The average molecular weight is 560 g/mol. The number of hydrogen-bond donors (Lipinski definition) is 1. The van der Waals surface area contributed by atoms with Crippen molar-refractivity contribution < 1.29 is 41.4 Å². The van der Waals surface area contributed by atoms with Crippen LogP contribution in [0.5, 0.6) is 11.5 Å². The molecule has 0 saturated heterocycles. The highest BCUT2D eigenvalue weighted by atomic mass is 35.5. The van der Waals surface area contributed by atoms with Crippen LogP contribution in [0.2, 0.25) is 5.02 Å². The number of anilines is 1. The Kier molecular flexibility index (Phi) is 11.5. The molecule has 0 aliphatic carbocycles. The van der Waals surface area contributed by atoms with Crippen LogP contribution in [0.15, 0.2) is 55.0 Å². The van der Waals surface area contributed by atoms with Crippen LogP contribution in [0.25, 0.3) is 0 Å². The van der Waals surface area contributed by atoms with Crippen LogP contribution in [-0.2, 0) is 25.5 Å². The second-order valence-electron chi connectivity index (χ2n) is 7.65.